The van der Waals surface area contributed by atoms with Gasteiger partial charge in [-0.05, 0) is 45.0 Å². The first kappa shape index (κ1) is 13.5. The normalized spacial score (nSPS) is 23.6. The highest BCUT2D eigenvalue weighted by molar-refractivity contribution is 5.17. The predicted molar refractivity (Wildman–Crippen MR) is 74.5 cm³/mol. The first-order valence-electron chi connectivity index (χ1n) is 6.90. The predicted octanol–water partition coefficient (Wildman–Crippen LogP) is 1.79. The highest BCUT2D eigenvalue weighted by Gasteiger charge is 2.15. The number of hydrogen-bond donors (Lipinski definition) is 2. The van der Waals surface area contributed by atoms with E-state index in [1.54, 1.807) is 0 Å². The molecule has 1 aliphatic heterocycles. The Kier molecular flexibility index (Phi) is 5.17. The molecular weight excluding hydrogens is 224 g/mol. The number of aliphatic hydroxyl groups is 1. The van der Waals surface area contributed by atoms with Crippen molar-refractivity contribution in [3.8, 4) is 0 Å². The Labute approximate surface area is 110 Å². The molecule has 2 unspecified atom stereocenters. The molecular formula is C15H24N2O. The van der Waals surface area contributed by atoms with E-state index in [9.17, 15) is 5.11 Å². The second-order valence-electron chi connectivity index (χ2n) is 5.27. The molecule has 2 N–H and O–H groups in total. The number of likely N-dealkylation sites (tertiary alicyclic amines) is 1. The summed E-state index contributed by atoms with van der Waals surface area (Å²) < 4.78 is 0. The molecule has 1 aromatic rings. The summed E-state index contributed by atoms with van der Waals surface area (Å²) in [4.78, 5) is 2.38. The first-order chi connectivity index (χ1) is 8.75. The van der Waals surface area contributed by atoms with Crippen LogP contribution in [0.25, 0.3) is 0 Å². The maximum atomic E-state index is 10.1. The third-order valence-corrected chi connectivity index (χ3v) is 3.74. The van der Waals surface area contributed by atoms with Gasteiger partial charge in [0.15, 0.2) is 0 Å². The molecule has 18 heavy (non-hydrogen) atoms. The van der Waals surface area contributed by atoms with E-state index in [1.165, 1.54) is 25.8 Å². The van der Waals surface area contributed by atoms with Gasteiger partial charge in [0.1, 0.15) is 0 Å². The second kappa shape index (κ2) is 6.88. The lowest BCUT2D eigenvalue weighted by molar-refractivity contribution is 0.168. The Bertz CT molecular complexity index is 342. The highest BCUT2D eigenvalue weighted by atomic mass is 16.3. The molecule has 3 heteroatoms. The fourth-order valence-electron chi connectivity index (χ4n) is 2.52. The molecule has 0 spiro atoms. The van der Waals surface area contributed by atoms with Gasteiger partial charge in [-0.2, -0.15) is 0 Å². The van der Waals surface area contributed by atoms with Gasteiger partial charge in [0, 0.05) is 12.6 Å². The van der Waals surface area contributed by atoms with E-state index < -0.39 is 6.10 Å². The Morgan fingerprint density at radius 1 is 1.28 bits per heavy atom. The molecule has 0 aliphatic carbocycles. The first-order valence-corrected chi connectivity index (χ1v) is 6.90. The topological polar surface area (TPSA) is 35.5 Å². The summed E-state index contributed by atoms with van der Waals surface area (Å²) in [5, 5.41) is 13.6. The molecule has 100 valence electrons. The van der Waals surface area contributed by atoms with Crippen LogP contribution < -0.4 is 5.32 Å². The quantitative estimate of drug-likeness (QED) is 0.853. The Balaban J connectivity index is 1.77. The molecule has 2 atom stereocenters. The van der Waals surface area contributed by atoms with Crippen molar-refractivity contribution >= 4 is 0 Å². The molecule has 2 rings (SSSR count). The molecule has 0 amide bonds. The van der Waals surface area contributed by atoms with Gasteiger partial charge in [-0.25, -0.2) is 0 Å². The minimum absolute atomic E-state index is 0.396. The molecule has 0 bridgehead atoms. The number of benzene rings is 1. The van der Waals surface area contributed by atoms with Crippen LogP contribution >= 0.6 is 0 Å². The Morgan fingerprint density at radius 3 is 2.83 bits per heavy atom. The minimum atomic E-state index is -0.396. The average Bonchev–Trinajstić information content (AvgIpc) is 2.62. The zero-order chi connectivity index (χ0) is 12.8. The lowest BCUT2D eigenvalue weighted by Crippen LogP contribution is -2.33. The van der Waals surface area contributed by atoms with E-state index in [4.69, 9.17) is 0 Å². The summed E-state index contributed by atoms with van der Waals surface area (Å²) in [6.07, 6.45) is 3.24. The standard InChI is InChI=1S/C15H24N2O/c1-17-10-5-8-14(9-11-17)16-12-15(18)13-6-3-2-4-7-13/h2-4,6-7,14-16,18H,5,8-12H2,1H3. The van der Waals surface area contributed by atoms with Crippen LogP contribution in [0.1, 0.15) is 30.9 Å². The second-order valence-corrected chi connectivity index (χ2v) is 5.27. The molecule has 1 saturated heterocycles. The van der Waals surface area contributed by atoms with E-state index in [2.05, 4.69) is 17.3 Å². The molecule has 0 radical (unpaired) electrons. The molecule has 3 nitrogen and oxygen atoms in total. The zero-order valence-corrected chi connectivity index (χ0v) is 11.2. The molecule has 1 aliphatic rings. The van der Waals surface area contributed by atoms with Gasteiger partial charge in [0.25, 0.3) is 0 Å². The minimum Gasteiger partial charge on any atom is -0.387 e. The monoisotopic (exact) mass is 248 g/mol. The van der Waals surface area contributed by atoms with Gasteiger partial charge in [-0.3, -0.25) is 0 Å². The SMILES string of the molecule is CN1CCCC(NCC(O)c2ccccc2)CC1. The molecule has 0 saturated carbocycles. The molecule has 1 fully saturated rings. The summed E-state index contributed by atoms with van der Waals surface area (Å²) in [6.45, 7) is 3.00. The van der Waals surface area contributed by atoms with E-state index in [-0.39, 0.29) is 0 Å². The van der Waals surface area contributed by atoms with Gasteiger partial charge in [-0.1, -0.05) is 30.3 Å². The van der Waals surface area contributed by atoms with E-state index >= 15 is 0 Å². The van der Waals surface area contributed by atoms with E-state index in [0.717, 1.165) is 12.1 Å². The number of hydrogen-bond acceptors (Lipinski definition) is 3. The van der Waals surface area contributed by atoms with E-state index in [0.29, 0.717) is 12.6 Å². The Hall–Kier alpha value is -0.900. The van der Waals surface area contributed by atoms with Crippen molar-refractivity contribution in [2.75, 3.05) is 26.7 Å². The van der Waals surface area contributed by atoms with Crippen molar-refractivity contribution in [3.05, 3.63) is 35.9 Å². The number of nitrogens with one attached hydrogen (secondary N) is 1. The van der Waals surface area contributed by atoms with Gasteiger partial charge < -0.3 is 15.3 Å². The lowest BCUT2D eigenvalue weighted by Gasteiger charge is -2.19. The smallest absolute Gasteiger partial charge is 0.0914 e. The maximum absolute atomic E-state index is 10.1. The fraction of sp³-hybridized carbons (Fsp3) is 0.600. The summed E-state index contributed by atoms with van der Waals surface area (Å²) in [6, 6.07) is 10.4. The average molecular weight is 248 g/mol. The van der Waals surface area contributed by atoms with Gasteiger partial charge in [-0.15, -0.1) is 0 Å². The Morgan fingerprint density at radius 2 is 2.06 bits per heavy atom. The summed E-state index contributed by atoms with van der Waals surface area (Å²) in [7, 11) is 2.18. The van der Waals surface area contributed by atoms with Crippen LogP contribution in [0.15, 0.2) is 30.3 Å². The lowest BCUT2D eigenvalue weighted by atomic mass is 10.1. The van der Waals surface area contributed by atoms with Crippen LogP contribution in [0.5, 0.6) is 0 Å². The van der Waals surface area contributed by atoms with Crippen LogP contribution in [0, 0.1) is 0 Å². The molecule has 1 aromatic carbocycles. The van der Waals surface area contributed by atoms with Crippen LogP contribution in [0.3, 0.4) is 0 Å². The summed E-state index contributed by atoms with van der Waals surface area (Å²) >= 11 is 0. The van der Waals surface area contributed by atoms with Gasteiger partial charge in [0.2, 0.25) is 0 Å². The van der Waals surface area contributed by atoms with Crippen LogP contribution in [0.2, 0.25) is 0 Å². The van der Waals surface area contributed by atoms with Crippen molar-refractivity contribution in [3.63, 3.8) is 0 Å². The fourth-order valence-corrected chi connectivity index (χ4v) is 2.52. The zero-order valence-electron chi connectivity index (χ0n) is 11.2. The van der Waals surface area contributed by atoms with Crippen molar-refractivity contribution in [2.45, 2.75) is 31.4 Å². The van der Waals surface area contributed by atoms with Crippen molar-refractivity contribution in [1.29, 1.82) is 0 Å². The van der Waals surface area contributed by atoms with Crippen molar-refractivity contribution in [2.24, 2.45) is 0 Å². The maximum Gasteiger partial charge on any atom is 0.0914 e. The van der Waals surface area contributed by atoms with Crippen molar-refractivity contribution < 1.29 is 5.11 Å². The number of nitrogens with zero attached hydrogens (tertiary/aromatic N) is 1. The van der Waals surface area contributed by atoms with Crippen molar-refractivity contribution in [1.82, 2.24) is 10.2 Å². The summed E-state index contributed by atoms with van der Waals surface area (Å²) in [5.41, 5.74) is 0.996. The van der Waals surface area contributed by atoms with Gasteiger partial charge in [0.05, 0.1) is 6.10 Å². The highest BCUT2D eigenvalue weighted by Crippen LogP contribution is 2.13. The van der Waals surface area contributed by atoms with Crippen LogP contribution in [-0.4, -0.2) is 42.7 Å². The third-order valence-electron chi connectivity index (χ3n) is 3.74. The van der Waals surface area contributed by atoms with Gasteiger partial charge >= 0.3 is 0 Å². The van der Waals surface area contributed by atoms with Crippen LogP contribution in [-0.2, 0) is 0 Å². The number of rotatable bonds is 4. The third kappa shape index (κ3) is 4.09. The van der Waals surface area contributed by atoms with E-state index in [1.807, 2.05) is 30.3 Å². The summed E-state index contributed by atoms with van der Waals surface area (Å²) in [5.74, 6) is 0. The van der Waals surface area contributed by atoms with Crippen LogP contribution in [0.4, 0.5) is 0 Å². The number of aliphatic hydroxyl groups excluding tert-OH is 1. The molecule has 0 aromatic heterocycles. The molecule has 1 heterocycles. The largest absolute Gasteiger partial charge is 0.387 e.